The summed E-state index contributed by atoms with van der Waals surface area (Å²) in [5.74, 6) is -0.136. The molecule has 1 aromatic carbocycles. The Morgan fingerprint density at radius 2 is 1.94 bits per heavy atom. The van der Waals surface area contributed by atoms with Gasteiger partial charge in [-0.1, -0.05) is 23.2 Å². The fourth-order valence-corrected chi connectivity index (χ4v) is 2.50. The van der Waals surface area contributed by atoms with Crippen LogP contribution in [0.25, 0.3) is 0 Å². The topological polar surface area (TPSA) is 43.1 Å². The third kappa shape index (κ3) is 2.21. The number of nitrogen functional groups attached to an aromatic ring is 1. The van der Waals surface area contributed by atoms with E-state index in [4.69, 9.17) is 28.9 Å². The monoisotopic (exact) mass is 271 g/mol. The Hall–Kier alpha value is -1.03. The molecule has 2 nitrogen and oxygen atoms in total. The Kier molecular flexibility index (Phi) is 3.19. The number of benzene rings is 1. The van der Waals surface area contributed by atoms with E-state index in [2.05, 4.69) is 0 Å². The Morgan fingerprint density at radius 1 is 1.19 bits per heavy atom. The fraction of sp³-hybridized carbons (Fsp3) is 0. The van der Waals surface area contributed by atoms with Gasteiger partial charge in [0.1, 0.15) is 0 Å². The van der Waals surface area contributed by atoms with Gasteiger partial charge in [0, 0.05) is 10.6 Å². The van der Waals surface area contributed by atoms with Crippen molar-refractivity contribution in [2.24, 2.45) is 0 Å². The summed E-state index contributed by atoms with van der Waals surface area (Å²) in [6.07, 6.45) is 0. The first-order valence-corrected chi connectivity index (χ1v) is 6.00. The standard InChI is InChI=1S/C11H7Cl2NOS/c12-6-1-2-7(8(13)5-6)11(15)9-3-4-10(14)16-9/h1-5H,14H2. The third-order valence-electron chi connectivity index (χ3n) is 2.03. The molecular formula is C11H7Cl2NOS. The van der Waals surface area contributed by atoms with E-state index in [1.807, 2.05) is 0 Å². The van der Waals surface area contributed by atoms with Gasteiger partial charge in [0.15, 0.2) is 0 Å². The van der Waals surface area contributed by atoms with E-state index in [-0.39, 0.29) is 5.78 Å². The number of hydrogen-bond acceptors (Lipinski definition) is 3. The van der Waals surface area contributed by atoms with Crippen molar-refractivity contribution in [2.75, 3.05) is 5.73 Å². The van der Waals surface area contributed by atoms with Crippen LogP contribution in [-0.2, 0) is 0 Å². The van der Waals surface area contributed by atoms with E-state index in [1.165, 1.54) is 11.3 Å². The molecule has 1 aromatic heterocycles. The Morgan fingerprint density at radius 3 is 2.50 bits per heavy atom. The largest absolute Gasteiger partial charge is 0.391 e. The van der Waals surface area contributed by atoms with Gasteiger partial charge in [-0.05, 0) is 30.3 Å². The van der Waals surface area contributed by atoms with Gasteiger partial charge in [-0.15, -0.1) is 11.3 Å². The van der Waals surface area contributed by atoms with Crippen molar-refractivity contribution < 1.29 is 4.79 Å². The van der Waals surface area contributed by atoms with E-state index in [9.17, 15) is 4.79 Å². The highest BCUT2D eigenvalue weighted by Gasteiger charge is 2.14. The van der Waals surface area contributed by atoms with Crippen molar-refractivity contribution in [1.29, 1.82) is 0 Å². The van der Waals surface area contributed by atoms with E-state index >= 15 is 0 Å². The molecule has 0 saturated carbocycles. The van der Waals surface area contributed by atoms with Crippen molar-refractivity contribution in [3.05, 3.63) is 50.8 Å². The smallest absolute Gasteiger partial charge is 0.204 e. The minimum absolute atomic E-state index is 0.136. The summed E-state index contributed by atoms with van der Waals surface area (Å²) in [7, 11) is 0. The molecule has 2 N–H and O–H groups in total. The maximum absolute atomic E-state index is 12.0. The van der Waals surface area contributed by atoms with Crippen LogP contribution in [0.15, 0.2) is 30.3 Å². The number of thiophene rings is 1. The van der Waals surface area contributed by atoms with Crippen LogP contribution < -0.4 is 5.73 Å². The highest BCUT2D eigenvalue weighted by Crippen LogP contribution is 2.27. The lowest BCUT2D eigenvalue weighted by molar-refractivity contribution is 0.104. The lowest BCUT2D eigenvalue weighted by Crippen LogP contribution is -1.99. The lowest BCUT2D eigenvalue weighted by atomic mass is 10.1. The van der Waals surface area contributed by atoms with E-state index < -0.39 is 0 Å². The maximum Gasteiger partial charge on any atom is 0.204 e. The first-order valence-electron chi connectivity index (χ1n) is 4.43. The maximum atomic E-state index is 12.0. The lowest BCUT2D eigenvalue weighted by Gasteiger charge is -2.01. The van der Waals surface area contributed by atoms with Gasteiger partial charge < -0.3 is 5.73 Å². The third-order valence-corrected chi connectivity index (χ3v) is 3.49. The minimum atomic E-state index is -0.136. The quantitative estimate of drug-likeness (QED) is 0.843. The Balaban J connectivity index is 2.41. The van der Waals surface area contributed by atoms with Gasteiger partial charge in [0.05, 0.1) is 14.9 Å². The summed E-state index contributed by atoms with van der Waals surface area (Å²) < 4.78 is 0. The molecule has 0 amide bonds. The van der Waals surface area contributed by atoms with E-state index in [1.54, 1.807) is 30.3 Å². The molecule has 0 unspecified atom stereocenters. The van der Waals surface area contributed by atoms with Crippen LogP contribution in [0.2, 0.25) is 10.0 Å². The second kappa shape index (κ2) is 4.45. The van der Waals surface area contributed by atoms with E-state index in [0.29, 0.717) is 25.5 Å². The average molecular weight is 272 g/mol. The zero-order chi connectivity index (χ0) is 11.7. The normalized spacial score (nSPS) is 10.4. The number of anilines is 1. The molecule has 0 spiro atoms. The zero-order valence-corrected chi connectivity index (χ0v) is 10.4. The number of hydrogen-bond donors (Lipinski definition) is 1. The SMILES string of the molecule is Nc1ccc(C(=O)c2ccc(Cl)cc2Cl)s1. The number of rotatable bonds is 2. The first kappa shape index (κ1) is 11.5. The summed E-state index contributed by atoms with van der Waals surface area (Å²) in [6, 6.07) is 8.18. The van der Waals surface area contributed by atoms with Crippen LogP contribution in [-0.4, -0.2) is 5.78 Å². The molecule has 0 radical (unpaired) electrons. The predicted molar refractivity (Wildman–Crippen MR) is 68.6 cm³/mol. The van der Waals surface area contributed by atoms with Gasteiger partial charge in [-0.3, -0.25) is 4.79 Å². The molecule has 0 saturated heterocycles. The van der Waals surface area contributed by atoms with Crippen molar-refractivity contribution in [2.45, 2.75) is 0 Å². The molecule has 0 atom stereocenters. The minimum Gasteiger partial charge on any atom is -0.391 e. The van der Waals surface area contributed by atoms with Crippen molar-refractivity contribution in [1.82, 2.24) is 0 Å². The van der Waals surface area contributed by atoms with Gasteiger partial charge >= 0.3 is 0 Å². The number of carbonyl (C=O) groups excluding carboxylic acids is 1. The predicted octanol–water partition coefficient (Wildman–Crippen LogP) is 3.87. The second-order valence-corrected chi connectivity index (χ2v) is 5.11. The second-order valence-electron chi connectivity index (χ2n) is 3.16. The summed E-state index contributed by atoms with van der Waals surface area (Å²) in [5.41, 5.74) is 6.01. The van der Waals surface area contributed by atoms with Gasteiger partial charge in [0.2, 0.25) is 5.78 Å². The van der Waals surface area contributed by atoms with E-state index in [0.717, 1.165) is 0 Å². The molecule has 2 aromatic rings. The Bertz CT molecular complexity index is 551. The number of ketones is 1. The summed E-state index contributed by atoms with van der Waals surface area (Å²) in [5, 5.41) is 1.46. The van der Waals surface area contributed by atoms with Gasteiger partial charge in [-0.25, -0.2) is 0 Å². The van der Waals surface area contributed by atoms with Crippen LogP contribution >= 0.6 is 34.5 Å². The van der Waals surface area contributed by atoms with Gasteiger partial charge in [0.25, 0.3) is 0 Å². The summed E-state index contributed by atoms with van der Waals surface area (Å²) >= 11 is 12.9. The highest BCUT2D eigenvalue weighted by atomic mass is 35.5. The number of halogens is 2. The van der Waals surface area contributed by atoms with Crippen molar-refractivity contribution >= 4 is 45.3 Å². The van der Waals surface area contributed by atoms with Crippen LogP contribution in [0.4, 0.5) is 5.00 Å². The molecule has 0 aliphatic rings. The van der Waals surface area contributed by atoms with Crippen LogP contribution in [0, 0.1) is 0 Å². The van der Waals surface area contributed by atoms with Gasteiger partial charge in [-0.2, -0.15) is 0 Å². The first-order chi connectivity index (χ1) is 7.58. The molecule has 0 fully saturated rings. The molecule has 2 rings (SSSR count). The van der Waals surface area contributed by atoms with Crippen LogP contribution in [0.5, 0.6) is 0 Å². The zero-order valence-electron chi connectivity index (χ0n) is 8.04. The summed E-state index contributed by atoms with van der Waals surface area (Å²) in [4.78, 5) is 12.6. The Labute approximate surface area is 107 Å². The van der Waals surface area contributed by atoms with Crippen molar-refractivity contribution in [3.63, 3.8) is 0 Å². The average Bonchev–Trinajstić information content (AvgIpc) is 2.64. The number of carbonyl (C=O) groups is 1. The molecule has 5 heteroatoms. The molecule has 82 valence electrons. The summed E-state index contributed by atoms with van der Waals surface area (Å²) in [6.45, 7) is 0. The highest BCUT2D eigenvalue weighted by molar-refractivity contribution is 7.17. The molecular weight excluding hydrogens is 265 g/mol. The van der Waals surface area contributed by atoms with Crippen LogP contribution in [0.3, 0.4) is 0 Å². The fourth-order valence-electron chi connectivity index (χ4n) is 1.28. The van der Waals surface area contributed by atoms with Crippen molar-refractivity contribution in [3.8, 4) is 0 Å². The molecule has 0 bridgehead atoms. The molecule has 0 aliphatic heterocycles. The molecule has 16 heavy (non-hydrogen) atoms. The number of nitrogens with two attached hydrogens (primary N) is 1. The molecule has 0 aliphatic carbocycles. The van der Waals surface area contributed by atoms with Crippen LogP contribution in [0.1, 0.15) is 15.2 Å². The molecule has 1 heterocycles.